The number of nitrogens with one attached hydrogen (secondary N) is 1. The molecular formula is C14H18BrNO2S. The van der Waals surface area contributed by atoms with E-state index in [0.29, 0.717) is 11.4 Å². The van der Waals surface area contributed by atoms with Crippen molar-refractivity contribution in [2.24, 2.45) is 0 Å². The third-order valence-corrected chi connectivity index (χ3v) is 5.20. The van der Waals surface area contributed by atoms with Crippen molar-refractivity contribution in [3.63, 3.8) is 0 Å². The van der Waals surface area contributed by atoms with E-state index in [1.807, 2.05) is 11.8 Å². The van der Waals surface area contributed by atoms with E-state index in [0.717, 1.165) is 35.6 Å². The quantitative estimate of drug-likeness (QED) is 0.841. The van der Waals surface area contributed by atoms with E-state index in [4.69, 9.17) is 9.47 Å². The lowest BCUT2D eigenvalue weighted by molar-refractivity contribution is 0.296. The molecule has 2 aliphatic heterocycles. The Morgan fingerprint density at radius 1 is 1.32 bits per heavy atom. The topological polar surface area (TPSA) is 30.5 Å². The highest BCUT2D eigenvalue weighted by molar-refractivity contribution is 9.10. The van der Waals surface area contributed by atoms with Crippen LogP contribution in [0.15, 0.2) is 16.6 Å². The molecule has 2 heterocycles. The van der Waals surface area contributed by atoms with Crippen LogP contribution in [-0.2, 0) is 0 Å². The molecule has 3 nitrogen and oxygen atoms in total. The molecule has 2 atom stereocenters. The largest absolute Gasteiger partial charge is 0.490 e. The molecular weight excluding hydrogens is 326 g/mol. The second kappa shape index (κ2) is 5.94. The van der Waals surface area contributed by atoms with Gasteiger partial charge in [-0.1, -0.05) is 0 Å². The van der Waals surface area contributed by atoms with Crippen molar-refractivity contribution in [3.8, 4) is 11.5 Å². The SMILES string of the molecule is CC1CCSC(c2cc(Br)c3c(c2)OCCCO3)N1. The maximum atomic E-state index is 5.80. The van der Waals surface area contributed by atoms with Gasteiger partial charge in [0.05, 0.1) is 23.1 Å². The van der Waals surface area contributed by atoms with E-state index in [9.17, 15) is 0 Å². The maximum absolute atomic E-state index is 5.80. The zero-order chi connectivity index (χ0) is 13.2. The first-order valence-corrected chi connectivity index (χ1v) is 8.55. The molecule has 19 heavy (non-hydrogen) atoms. The van der Waals surface area contributed by atoms with Crippen LogP contribution in [0.3, 0.4) is 0 Å². The Kier molecular flexibility index (Phi) is 4.24. The van der Waals surface area contributed by atoms with Crippen LogP contribution in [0, 0.1) is 0 Å². The monoisotopic (exact) mass is 343 g/mol. The maximum Gasteiger partial charge on any atom is 0.175 e. The third kappa shape index (κ3) is 3.03. The summed E-state index contributed by atoms with van der Waals surface area (Å²) in [5, 5.41) is 3.97. The molecule has 1 aromatic carbocycles. The Labute approximate surface area is 126 Å². The van der Waals surface area contributed by atoms with Crippen molar-refractivity contribution < 1.29 is 9.47 Å². The molecule has 104 valence electrons. The fourth-order valence-corrected chi connectivity index (χ4v) is 4.30. The van der Waals surface area contributed by atoms with Gasteiger partial charge in [0.1, 0.15) is 0 Å². The number of halogens is 1. The number of fused-ring (bicyclic) bond motifs is 1. The van der Waals surface area contributed by atoms with Gasteiger partial charge in [-0.15, -0.1) is 11.8 Å². The summed E-state index contributed by atoms with van der Waals surface area (Å²) >= 11 is 5.56. The first-order valence-electron chi connectivity index (χ1n) is 6.71. The fourth-order valence-electron chi connectivity index (χ4n) is 2.35. The Morgan fingerprint density at radius 3 is 3.00 bits per heavy atom. The van der Waals surface area contributed by atoms with Gasteiger partial charge in [0.25, 0.3) is 0 Å². The molecule has 0 aromatic heterocycles. The lowest BCUT2D eigenvalue weighted by Gasteiger charge is -2.29. The summed E-state index contributed by atoms with van der Waals surface area (Å²) in [5.41, 5.74) is 1.26. The summed E-state index contributed by atoms with van der Waals surface area (Å²) in [6.45, 7) is 3.69. The average Bonchev–Trinajstić information content (AvgIpc) is 2.64. The van der Waals surface area contributed by atoms with Crippen molar-refractivity contribution in [1.82, 2.24) is 5.32 Å². The third-order valence-electron chi connectivity index (χ3n) is 3.40. The lowest BCUT2D eigenvalue weighted by Crippen LogP contribution is -2.33. The van der Waals surface area contributed by atoms with Gasteiger partial charge in [-0.25, -0.2) is 0 Å². The molecule has 0 amide bonds. The molecule has 1 N–H and O–H groups in total. The minimum absolute atomic E-state index is 0.345. The molecule has 3 rings (SSSR count). The molecule has 0 aliphatic carbocycles. The summed E-state index contributed by atoms with van der Waals surface area (Å²) in [5.74, 6) is 2.91. The van der Waals surface area contributed by atoms with Crippen LogP contribution >= 0.6 is 27.7 Å². The van der Waals surface area contributed by atoms with Crippen molar-refractivity contribution in [2.75, 3.05) is 19.0 Å². The van der Waals surface area contributed by atoms with Gasteiger partial charge >= 0.3 is 0 Å². The molecule has 0 spiro atoms. The zero-order valence-corrected chi connectivity index (χ0v) is 13.4. The smallest absolute Gasteiger partial charge is 0.175 e. The highest BCUT2D eigenvalue weighted by Crippen LogP contribution is 2.42. The van der Waals surface area contributed by atoms with Gasteiger partial charge in [0.2, 0.25) is 0 Å². The molecule has 2 aliphatic rings. The number of benzene rings is 1. The molecule has 0 saturated carbocycles. The first kappa shape index (κ1) is 13.6. The molecule has 0 bridgehead atoms. The lowest BCUT2D eigenvalue weighted by atomic mass is 10.1. The minimum atomic E-state index is 0.345. The molecule has 2 unspecified atom stereocenters. The van der Waals surface area contributed by atoms with Crippen molar-refractivity contribution in [1.29, 1.82) is 0 Å². The Hall–Kier alpha value is -0.390. The minimum Gasteiger partial charge on any atom is -0.490 e. The van der Waals surface area contributed by atoms with E-state index >= 15 is 0 Å². The van der Waals surface area contributed by atoms with Crippen LogP contribution < -0.4 is 14.8 Å². The highest BCUT2D eigenvalue weighted by Gasteiger charge is 2.23. The van der Waals surface area contributed by atoms with Gasteiger partial charge in [0, 0.05) is 12.5 Å². The van der Waals surface area contributed by atoms with E-state index in [1.54, 1.807) is 0 Å². The van der Waals surface area contributed by atoms with Crippen LogP contribution in [0.4, 0.5) is 0 Å². The first-order chi connectivity index (χ1) is 9.24. The second-order valence-electron chi connectivity index (χ2n) is 4.99. The average molecular weight is 344 g/mol. The summed E-state index contributed by atoms with van der Waals surface area (Å²) < 4.78 is 12.5. The Balaban J connectivity index is 1.90. The van der Waals surface area contributed by atoms with E-state index in [-0.39, 0.29) is 0 Å². The van der Waals surface area contributed by atoms with E-state index in [2.05, 4.69) is 40.3 Å². The van der Waals surface area contributed by atoms with Crippen LogP contribution in [0.5, 0.6) is 11.5 Å². The van der Waals surface area contributed by atoms with E-state index < -0.39 is 0 Å². The molecule has 5 heteroatoms. The predicted octanol–water partition coefficient (Wildman–Crippen LogP) is 3.72. The van der Waals surface area contributed by atoms with Crippen molar-refractivity contribution in [3.05, 3.63) is 22.2 Å². The van der Waals surface area contributed by atoms with Gasteiger partial charge in [-0.05, 0) is 52.7 Å². The van der Waals surface area contributed by atoms with Gasteiger partial charge in [0.15, 0.2) is 11.5 Å². The Morgan fingerprint density at radius 2 is 2.16 bits per heavy atom. The highest BCUT2D eigenvalue weighted by atomic mass is 79.9. The Bertz CT molecular complexity index is 469. The molecule has 0 radical (unpaired) electrons. The fraction of sp³-hybridized carbons (Fsp3) is 0.571. The van der Waals surface area contributed by atoms with E-state index in [1.165, 1.54) is 17.7 Å². The zero-order valence-electron chi connectivity index (χ0n) is 10.9. The summed E-state index contributed by atoms with van der Waals surface area (Å²) in [6, 6.07) is 4.84. The van der Waals surface area contributed by atoms with Crippen LogP contribution in [0.2, 0.25) is 0 Å². The molecule has 1 aromatic rings. The molecule has 1 fully saturated rings. The summed E-state index contributed by atoms with van der Waals surface area (Å²) in [7, 11) is 0. The summed E-state index contributed by atoms with van der Waals surface area (Å²) in [6.07, 6.45) is 2.16. The number of rotatable bonds is 1. The summed E-state index contributed by atoms with van der Waals surface area (Å²) in [4.78, 5) is 0. The second-order valence-corrected chi connectivity index (χ2v) is 7.06. The normalized spacial score (nSPS) is 26.8. The number of hydrogen-bond acceptors (Lipinski definition) is 4. The number of thioether (sulfide) groups is 1. The van der Waals surface area contributed by atoms with Gasteiger partial charge < -0.3 is 9.47 Å². The van der Waals surface area contributed by atoms with Crippen LogP contribution in [0.1, 0.15) is 30.7 Å². The van der Waals surface area contributed by atoms with Gasteiger partial charge in [-0.3, -0.25) is 5.32 Å². The number of ether oxygens (including phenoxy) is 2. The predicted molar refractivity (Wildman–Crippen MR) is 82.2 cm³/mol. The standard InChI is InChI=1S/C14H18BrNO2S/c1-9-3-6-19-14(16-9)10-7-11(15)13-12(8-10)17-4-2-5-18-13/h7-9,14,16H,2-6H2,1H3. The van der Waals surface area contributed by atoms with Crippen LogP contribution in [-0.4, -0.2) is 25.0 Å². The number of hydrogen-bond donors (Lipinski definition) is 1. The van der Waals surface area contributed by atoms with Crippen LogP contribution in [0.25, 0.3) is 0 Å². The van der Waals surface area contributed by atoms with Crippen molar-refractivity contribution in [2.45, 2.75) is 31.2 Å². The van der Waals surface area contributed by atoms with Crippen molar-refractivity contribution >= 4 is 27.7 Å². The van der Waals surface area contributed by atoms with Gasteiger partial charge in [-0.2, -0.15) is 0 Å². The molecule has 1 saturated heterocycles.